The Balaban J connectivity index is 1.79. The third kappa shape index (κ3) is 3.56. The third-order valence-corrected chi connectivity index (χ3v) is 15.0. The molecule has 2 aromatic carbocycles. The zero-order valence-corrected chi connectivity index (χ0v) is 22.2. The van der Waals surface area contributed by atoms with Crippen LogP contribution in [0.1, 0.15) is 36.1 Å². The maximum atomic E-state index is 6.56. The highest BCUT2D eigenvalue weighted by atomic mass is 32.1. The quantitative estimate of drug-likeness (QED) is 0.179. The number of benzene rings is 2. The molecule has 1 nitrogen and oxygen atoms in total. The molecule has 33 heavy (non-hydrogen) atoms. The van der Waals surface area contributed by atoms with E-state index in [4.69, 9.17) is 4.74 Å². The first kappa shape index (κ1) is 22.4. The molecule has 0 fully saturated rings. The minimum atomic E-state index is -2.05. The van der Waals surface area contributed by atoms with Crippen molar-refractivity contribution in [3.63, 3.8) is 0 Å². The van der Waals surface area contributed by atoms with Gasteiger partial charge in [-0.15, -0.1) is 22.7 Å². The maximum Gasteiger partial charge on any atom is 0.126 e. The van der Waals surface area contributed by atoms with Crippen LogP contribution in [0.3, 0.4) is 0 Å². The van der Waals surface area contributed by atoms with Gasteiger partial charge in [0.05, 0.1) is 0 Å². The summed E-state index contributed by atoms with van der Waals surface area (Å²) in [5.74, 6) is 1.07. The smallest absolute Gasteiger partial charge is 0.126 e. The van der Waals surface area contributed by atoms with E-state index in [0.717, 1.165) is 5.75 Å². The van der Waals surface area contributed by atoms with E-state index in [1.807, 2.05) is 28.7 Å². The van der Waals surface area contributed by atoms with Gasteiger partial charge in [0.1, 0.15) is 20.4 Å². The second-order valence-corrected chi connectivity index (χ2v) is 15.5. The fraction of sp³-hybridized carbons (Fsp3) is 0.241. The van der Waals surface area contributed by atoms with Crippen molar-refractivity contribution in [1.82, 2.24) is 0 Å². The lowest BCUT2D eigenvalue weighted by atomic mass is 10.0. The molecule has 4 aromatic rings. The Labute approximate surface area is 206 Å². The van der Waals surface area contributed by atoms with Gasteiger partial charge in [0.25, 0.3) is 0 Å². The van der Waals surface area contributed by atoms with Gasteiger partial charge in [-0.1, -0.05) is 80.6 Å². The summed E-state index contributed by atoms with van der Waals surface area (Å²) in [6, 6.07) is 22.6. The van der Waals surface area contributed by atoms with Gasteiger partial charge in [0.15, 0.2) is 0 Å². The molecule has 4 heteroatoms. The molecule has 2 heterocycles. The Bertz CT molecular complexity index is 1240. The predicted octanol–water partition coefficient (Wildman–Crippen LogP) is 8.40. The lowest BCUT2D eigenvalue weighted by Crippen LogP contribution is -2.53. The van der Waals surface area contributed by atoms with E-state index >= 15 is 0 Å². The summed E-state index contributed by atoms with van der Waals surface area (Å²) >= 11 is 3.81. The number of rotatable bonds is 8. The Kier molecular flexibility index (Phi) is 6.17. The molecule has 0 saturated heterocycles. The first-order chi connectivity index (χ1) is 16.1. The number of thiophene rings is 2. The van der Waals surface area contributed by atoms with E-state index in [1.165, 1.54) is 43.7 Å². The van der Waals surface area contributed by atoms with Crippen LogP contribution in [0.15, 0.2) is 78.0 Å². The highest BCUT2D eigenvalue weighted by molar-refractivity contribution is 7.21. The van der Waals surface area contributed by atoms with Crippen LogP contribution in [0.4, 0.5) is 0 Å². The van der Waals surface area contributed by atoms with Crippen molar-refractivity contribution in [3.8, 4) is 26.6 Å². The maximum absolute atomic E-state index is 6.56. The van der Waals surface area contributed by atoms with Crippen molar-refractivity contribution in [3.05, 3.63) is 94.7 Å². The zero-order chi connectivity index (χ0) is 23.0. The highest BCUT2D eigenvalue weighted by Gasteiger charge is 2.49. The van der Waals surface area contributed by atoms with Crippen LogP contribution in [-0.2, 0) is 0 Å². The van der Waals surface area contributed by atoms with Gasteiger partial charge in [0.2, 0.25) is 0 Å². The number of hydrogen-bond acceptors (Lipinski definition) is 3. The van der Waals surface area contributed by atoms with Gasteiger partial charge in [-0.2, -0.15) is 0 Å². The van der Waals surface area contributed by atoms with Crippen LogP contribution < -0.4 is 9.92 Å². The molecule has 0 radical (unpaired) electrons. The van der Waals surface area contributed by atoms with Gasteiger partial charge >= 0.3 is 0 Å². The van der Waals surface area contributed by atoms with Crippen molar-refractivity contribution in [1.29, 1.82) is 0 Å². The van der Waals surface area contributed by atoms with Gasteiger partial charge in [-0.25, -0.2) is 0 Å². The predicted molar refractivity (Wildman–Crippen MR) is 148 cm³/mol. The van der Waals surface area contributed by atoms with E-state index < -0.39 is 8.07 Å². The van der Waals surface area contributed by atoms with Gasteiger partial charge in [-0.3, -0.25) is 0 Å². The summed E-state index contributed by atoms with van der Waals surface area (Å²) in [5.41, 5.74) is 7.31. The zero-order valence-electron chi connectivity index (χ0n) is 19.6. The summed E-state index contributed by atoms with van der Waals surface area (Å²) in [7, 11) is -2.05. The number of fused-ring (bicyclic) bond motifs is 3. The largest absolute Gasteiger partial charge is 0.489 e. The van der Waals surface area contributed by atoms with Crippen LogP contribution in [0.25, 0.3) is 20.9 Å². The molecular formula is C29H30OS2Si. The van der Waals surface area contributed by atoms with Crippen molar-refractivity contribution < 1.29 is 4.74 Å². The first-order valence-corrected chi connectivity index (χ1v) is 16.0. The molecule has 0 amide bonds. The molecule has 0 saturated carbocycles. The third-order valence-electron chi connectivity index (χ3n) is 7.23. The molecule has 168 valence electrons. The Hall–Kier alpha value is -2.40. The van der Waals surface area contributed by atoms with Crippen LogP contribution >= 0.6 is 22.7 Å². The molecule has 5 rings (SSSR count). The Morgan fingerprint density at radius 1 is 0.939 bits per heavy atom. The minimum Gasteiger partial charge on any atom is -0.489 e. The first-order valence-electron chi connectivity index (χ1n) is 11.7. The fourth-order valence-corrected chi connectivity index (χ4v) is 13.2. The van der Waals surface area contributed by atoms with Crippen LogP contribution in [0, 0.1) is 6.92 Å². The van der Waals surface area contributed by atoms with Crippen molar-refractivity contribution in [2.24, 2.45) is 0 Å². The summed E-state index contributed by atoms with van der Waals surface area (Å²) < 4.78 is 6.56. The van der Waals surface area contributed by atoms with E-state index in [9.17, 15) is 0 Å². The summed E-state index contributed by atoms with van der Waals surface area (Å²) in [6.45, 7) is 11.5. The Morgan fingerprint density at radius 3 is 2.15 bits per heavy atom. The summed E-state index contributed by atoms with van der Waals surface area (Å²) in [5, 5.41) is 6.03. The molecule has 0 N–H and O–H groups in total. The standard InChI is InChI=1S/C29H30OS2Si/c1-5-15-30-26-24(21-11-9-8-10-12-21)18-20(4)19-25(26)33(6-2,7-3)29-22-13-16-31-27(22)28-23(29)14-17-32-28/h5,8-14,16-19,29H,1,6-7,15H2,2-4H3. The average Bonchev–Trinajstić information content (AvgIpc) is 3.56. The number of ether oxygens (including phenoxy) is 1. The normalized spacial score (nSPS) is 13.1. The lowest BCUT2D eigenvalue weighted by molar-refractivity contribution is 0.367. The van der Waals surface area contributed by atoms with E-state index in [-0.39, 0.29) is 0 Å². The molecule has 1 aliphatic carbocycles. The molecular weight excluding hydrogens is 457 g/mol. The monoisotopic (exact) mass is 486 g/mol. The van der Waals surface area contributed by atoms with Crippen LogP contribution in [-0.4, -0.2) is 14.7 Å². The summed E-state index contributed by atoms with van der Waals surface area (Å²) in [6.07, 6.45) is 1.86. The highest BCUT2D eigenvalue weighted by Crippen LogP contribution is 2.55. The van der Waals surface area contributed by atoms with Gasteiger partial charge < -0.3 is 4.74 Å². The minimum absolute atomic E-state index is 0.478. The molecule has 2 aromatic heterocycles. The summed E-state index contributed by atoms with van der Waals surface area (Å²) in [4.78, 5) is 2.99. The lowest BCUT2D eigenvalue weighted by Gasteiger charge is -2.38. The SMILES string of the molecule is C=CCOc1c(-c2ccccc2)cc(C)cc1[Si](CC)(CC)C1c2ccsc2-c2sccc21. The van der Waals surface area contributed by atoms with E-state index in [2.05, 4.69) is 92.7 Å². The van der Waals surface area contributed by atoms with Gasteiger partial charge in [0, 0.05) is 20.9 Å². The molecule has 1 aliphatic rings. The number of aryl methyl sites for hydroxylation is 1. The fourth-order valence-electron chi connectivity index (χ4n) is 5.69. The van der Waals surface area contributed by atoms with Crippen molar-refractivity contribution in [2.75, 3.05) is 6.61 Å². The topological polar surface area (TPSA) is 9.23 Å². The molecule has 0 aliphatic heterocycles. The second kappa shape index (κ2) is 9.09. The van der Waals surface area contributed by atoms with Crippen molar-refractivity contribution >= 4 is 35.9 Å². The number of hydrogen-bond donors (Lipinski definition) is 0. The second-order valence-electron chi connectivity index (χ2n) is 8.86. The molecule has 0 spiro atoms. The Morgan fingerprint density at radius 2 is 1.58 bits per heavy atom. The van der Waals surface area contributed by atoms with Crippen molar-refractivity contribution in [2.45, 2.75) is 38.4 Å². The van der Waals surface area contributed by atoms with Crippen LogP contribution in [0.5, 0.6) is 5.75 Å². The molecule has 0 unspecified atom stereocenters. The van der Waals surface area contributed by atoms with E-state index in [0.29, 0.717) is 12.1 Å². The molecule has 0 atom stereocenters. The van der Waals surface area contributed by atoms with Crippen LogP contribution in [0.2, 0.25) is 12.1 Å². The van der Waals surface area contributed by atoms with E-state index in [1.54, 1.807) is 11.1 Å². The average molecular weight is 487 g/mol. The molecule has 0 bridgehead atoms. The van der Waals surface area contributed by atoms with Gasteiger partial charge in [-0.05, 0) is 57.8 Å².